The van der Waals surface area contributed by atoms with E-state index in [0.717, 1.165) is 21.3 Å². The Morgan fingerprint density at radius 3 is 2.70 bits per heavy atom. The smallest absolute Gasteiger partial charge is 0.216 e. The largest absolute Gasteiger partial charge is 0.345 e. The van der Waals surface area contributed by atoms with Crippen molar-refractivity contribution in [2.24, 2.45) is 0 Å². The minimum Gasteiger partial charge on any atom is -0.345 e. The number of fused-ring (bicyclic) bond motifs is 1. The van der Waals surface area contributed by atoms with Crippen LogP contribution in [0.2, 0.25) is 5.02 Å². The number of nitrogens with one attached hydrogen (secondary N) is 1. The van der Waals surface area contributed by atoms with E-state index in [1.807, 2.05) is 49.2 Å². The van der Waals surface area contributed by atoms with E-state index < -0.39 is 15.3 Å². The highest BCUT2D eigenvalue weighted by molar-refractivity contribution is 7.90. The molecule has 27 heavy (non-hydrogen) atoms. The normalized spacial score (nSPS) is 18.1. The third-order valence-corrected chi connectivity index (χ3v) is 7.72. The summed E-state index contributed by atoms with van der Waals surface area (Å²) in [5.41, 5.74) is 1.81. The van der Waals surface area contributed by atoms with Gasteiger partial charge < -0.3 is 4.90 Å². The Bertz CT molecular complexity index is 1030. The minimum atomic E-state index is -3.31. The Kier molecular flexibility index (Phi) is 4.87. The molecule has 0 radical (unpaired) electrons. The zero-order valence-corrected chi connectivity index (χ0v) is 17.4. The molecule has 0 aliphatic carbocycles. The molecule has 0 bridgehead atoms. The molecular weight excluding hydrogens is 406 g/mol. The topological polar surface area (TPSA) is 79.6 Å². The molecule has 0 amide bonds. The summed E-state index contributed by atoms with van der Waals surface area (Å²) in [5.74, 6) is 0. The van der Waals surface area contributed by atoms with Crippen molar-refractivity contribution in [3.63, 3.8) is 0 Å². The van der Waals surface area contributed by atoms with Gasteiger partial charge in [-0.3, -0.25) is 0 Å². The van der Waals surface area contributed by atoms with Gasteiger partial charge in [0.05, 0.1) is 17.1 Å². The van der Waals surface area contributed by atoms with Crippen molar-refractivity contribution in [2.75, 3.05) is 18.0 Å². The van der Waals surface area contributed by atoms with Crippen LogP contribution in [0.5, 0.6) is 0 Å². The monoisotopic (exact) mass is 425 g/mol. The van der Waals surface area contributed by atoms with Crippen LogP contribution in [0.3, 0.4) is 0 Å². The fourth-order valence-corrected chi connectivity index (χ4v) is 5.84. The van der Waals surface area contributed by atoms with Gasteiger partial charge in [0.1, 0.15) is 0 Å². The molecule has 1 saturated heterocycles. The highest BCUT2D eigenvalue weighted by Crippen LogP contribution is 2.30. The molecule has 0 spiro atoms. The number of anilines is 1. The number of benzene rings is 1. The van der Waals surface area contributed by atoms with Gasteiger partial charge >= 0.3 is 0 Å². The molecule has 10 heteroatoms. The molecule has 4 rings (SSSR count). The van der Waals surface area contributed by atoms with Crippen LogP contribution in [0.15, 0.2) is 30.5 Å². The Labute approximate surface area is 167 Å². The van der Waals surface area contributed by atoms with E-state index in [0.29, 0.717) is 24.5 Å². The van der Waals surface area contributed by atoms with Crippen LogP contribution in [0, 0.1) is 0 Å². The summed E-state index contributed by atoms with van der Waals surface area (Å²) >= 11 is 7.40. The van der Waals surface area contributed by atoms with E-state index >= 15 is 0 Å². The molecule has 3 heterocycles. The summed E-state index contributed by atoms with van der Waals surface area (Å²) in [6.07, 6.45) is 2.48. The maximum Gasteiger partial charge on any atom is 0.216 e. The SMILES string of the molecule is CC(C)NS(=O)(=O)C1CCN(c2nn3cc(-c4ccc(Cl)cc4)nc3s2)C1. The lowest BCUT2D eigenvalue weighted by Gasteiger charge is -2.16. The number of aromatic nitrogens is 3. The third-order valence-electron chi connectivity index (χ3n) is 4.43. The zero-order chi connectivity index (χ0) is 19.2. The van der Waals surface area contributed by atoms with Crippen LogP contribution in [0.4, 0.5) is 5.13 Å². The first-order valence-electron chi connectivity index (χ1n) is 8.70. The van der Waals surface area contributed by atoms with E-state index in [-0.39, 0.29) is 6.04 Å². The average molecular weight is 426 g/mol. The van der Waals surface area contributed by atoms with Crippen LogP contribution in [-0.4, -0.2) is 47.4 Å². The molecule has 1 aromatic carbocycles. The number of sulfonamides is 1. The van der Waals surface area contributed by atoms with E-state index in [1.54, 1.807) is 4.52 Å². The van der Waals surface area contributed by atoms with Crippen molar-refractivity contribution in [2.45, 2.75) is 31.6 Å². The van der Waals surface area contributed by atoms with E-state index in [4.69, 9.17) is 11.6 Å². The predicted octanol–water partition coefficient (Wildman–Crippen LogP) is 3.02. The van der Waals surface area contributed by atoms with Gasteiger partial charge in [0.15, 0.2) is 0 Å². The molecule has 0 saturated carbocycles. The molecule has 1 atom stereocenters. The van der Waals surface area contributed by atoms with Crippen LogP contribution < -0.4 is 9.62 Å². The lowest BCUT2D eigenvalue weighted by atomic mass is 10.2. The number of rotatable bonds is 5. The predicted molar refractivity (Wildman–Crippen MR) is 109 cm³/mol. The Morgan fingerprint density at radius 1 is 1.30 bits per heavy atom. The Balaban J connectivity index is 1.52. The van der Waals surface area contributed by atoms with Gasteiger partial charge in [-0.05, 0) is 32.4 Å². The van der Waals surface area contributed by atoms with Crippen molar-refractivity contribution in [3.05, 3.63) is 35.5 Å². The first-order chi connectivity index (χ1) is 12.8. The van der Waals surface area contributed by atoms with Crippen molar-refractivity contribution < 1.29 is 8.42 Å². The highest BCUT2D eigenvalue weighted by Gasteiger charge is 2.34. The van der Waals surface area contributed by atoms with Crippen molar-refractivity contribution in [1.82, 2.24) is 19.3 Å². The minimum absolute atomic E-state index is 0.0986. The molecule has 1 unspecified atom stereocenters. The van der Waals surface area contributed by atoms with Gasteiger partial charge in [-0.1, -0.05) is 35.1 Å². The second-order valence-electron chi connectivity index (χ2n) is 6.92. The van der Waals surface area contributed by atoms with Crippen LogP contribution in [0.1, 0.15) is 20.3 Å². The third kappa shape index (κ3) is 3.82. The summed E-state index contributed by atoms with van der Waals surface area (Å²) < 4.78 is 29.2. The van der Waals surface area contributed by atoms with Gasteiger partial charge in [-0.15, -0.1) is 5.10 Å². The molecule has 1 aliphatic rings. The number of hydrogen-bond donors (Lipinski definition) is 1. The van der Waals surface area contributed by atoms with Crippen LogP contribution >= 0.6 is 22.9 Å². The Hall–Kier alpha value is -1.68. The quantitative estimate of drug-likeness (QED) is 0.679. The average Bonchev–Trinajstić information content (AvgIpc) is 3.28. The van der Waals surface area contributed by atoms with Gasteiger partial charge in [-0.25, -0.2) is 22.6 Å². The summed E-state index contributed by atoms with van der Waals surface area (Å²) in [6, 6.07) is 7.41. The van der Waals surface area contributed by atoms with Gasteiger partial charge in [0, 0.05) is 29.7 Å². The zero-order valence-electron chi connectivity index (χ0n) is 15.0. The summed E-state index contributed by atoms with van der Waals surface area (Å²) in [4.78, 5) is 7.43. The van der Waals surface area contributed by atoms with E-state index in [9.17, 15) is 8.42 Å². The van der Waals surface area contributed by atoms with Crippen molar-refractivity contribution in [3.8, 4) is 11.3 Å². The molecular formula is C17H20ClN5O2S2. The number of halogens is 1. The molecule has 3 aromatic rings. The van der Waals surface area contributed by atoms with E-state index in [2.05, 4.69) is 14.8 Å². The second-order valence-corrected chi connectivity index (χ2v) is 10.3. The van der Waals surface area contributed by atoms with Crippen LogP contribution in [0.25, 0.3) is 16.2 Å². The standard InChI is InChI=1S/C17H20ClN5O2S2/c1-11(2)21-27(24,25)14-7-8-22(9-14)17-20-23-10-15(19-16(23)26-17)12-3-5-13(18)6-4-12/h3-6,10-11,14,21H,7-9H2,1-2H3. The summed E-state index contributed by atoms with van der Waals surface area (Å²) in [6.45, 7) is 4.78. The fraction of sp³-hybridized carbons (Fsp3) is 0.412. The molecule has 1 fully saturated rings. The number of nitrogens with zero attached hydrogens (tertiary/aromatic N) is 4. The van der Waals surface area contributed by atoms with Crippen LogP contribution in [-0.2, 0) is 10.0 Å². The van der Waals surface area contributed by atoms with Gasteiger partial charge in [0.25, 0.3) is 0 Å². The maximum absolute atomic E-state index is 12.4. The van der Waals surface area contributed by atoms with E-state index in [1.165, 1.54) is 11.3 Å². The first-order valence-corrected chi connectivity index (χ1v) is 11.4. The molecule has 1 aliphatic heterocycles. The lowest BCUT2D eigenvalue weighted by molar-refractivity contribution is 0.557. The fourth-order valence-electron chi connectivity index (χ4n) is 3.16. The Morgan fingerprint density at radius 2 is 2.04 bits per heavy atom. The van der Waals surface area contributed by atoms with Crippen molar-refractivity contribution >= 4 is 43.1 Å². The highest BCUT2D eigenvalue weighted by atomic mass is 35.5. The molecule has 7 nitrogen and oxygen atoms in total. The lowest BCUT2D eigenvalue weighted by Crippen LogP contribution is -2.39. The molecule has 144 valence electrons. The summed E-state index contributed by atoms with van der Waals surface area (Å²) in [5, 5.41) is 5.66. The summed E-state index contributed by atoms with van der Waals surface area (Å²) in [7, 11) is -3.31. The number of imidazole rings is 1. The van der Waals surface area contributed by atoms with Crippen molar-refractivity contribution in [1.29, 1.82) is 0 Å². The maximum atomic E-state index is 12.4. The van der Waals surface area contributed by atoms with Gasteiger partial charge in [0.2, 0.25) is 20.1 Å². The molecule has 2 aromatic heterocycles. The molecule has 1 N–H and O–H groups in total. The second kappa shape index (κ2) is 7.05. The number of hydrogen-bond acceptors (Lipinski definition) is 6. The van der Waals surface area contributed by atoms with Gasteiger partial charge in [-0.2, -0.15) is 0 Å². The first kappa shape index (κ1) is 18.7.